The number of nitrogens with zero attached hydrogens (tertiary/aromatic N) is 1. The van der Waals surface area contributed by atoms with Crippen molar-refractivity contribution in [2.75, 3.05) is 18.6 Å². The number of ether oxygens (including phenoxy) is 1. The van der Waals surface area contributed by atoms with Crippen LogP contribution in [-0.4, -0.2) is 30.6 Å². The molecular weight excluding hydrogens is 270 g/mol. The second kappa shape index (κ2) is 8.29. The van der Waals surface area contributed by atoms with E-state index >= 15 is 0 Å². The van der Waals surface area contributed by atoms with Crippen molar-refractivity contribution in [3.8, 4) is 5.75 Å². The summed E-state index contributed by atoms with van der Waals surface area (Å²) in [5, 5.41) is 8.54. The van der Waals surface area contributed by atoms with Gasteiger partial charge in [0.2, 0.25) is 5.91 Å². The van der Waals surface area contributed by atoms with Gasteiger partial charge < -0.3 is 14.7 Å². The average molecular weight is 293 g/mol. The number of carbonyl (C=O) groups excluding carboxylic acids is 1. The monoisotopic (exact) mass is 293 g/mol. The third kappa shape index (κ3) is 5.85. The van der Waals surface area contributed by atoms with E-state index < -0.39 is 5.97 Å². The number of benzene rings is 1. The fraction of sp³-hybridized carbons (Fsp3) is 0.500. The lowest BCUT2D eigenvalue weighted by atomic mass is 10.0. The van der Waals surface area contributed by atoms with Gasteiger partial charge in [0.15, 0.2) is 6.61 Å². The van der Waals surface area contributed by atoms with Gasteiger partial charge in [-0.15, -0.1) is 0 Å². The molecule has 1 unspecified atom stereocenters. The molecular formula is C16H23NO4. The number of carboxylic acid groups (broad SMARTS) is 1. The van der Waals surface area contributed by atoms with Crippen molar-refractivity contribution in [1.29, 1.82) is 0 Å². The van der Waals surface area contributed by atoms with Crippen LogP contribution in [0.4, 0.5) is 5.69 Å². The molecule has 0 saturated carbocycles. The lowest BCUT2D eigenvalue weighted by Crippen LogP contribution is -2.27. The van der Waals surface area contributed by atoms with Crippen LogP contribution in [0.15, 0.2) is 24.3 Å². The summed E-state index contributed by atoms with van der Waals surface area (Å²) in [7, 11) is 1.74. The Hall–Kier alpha value is -2.04. The van der Waals surface area contributed by atoms with Gasteiger partial charge in [0.05, 0.1) is 0 Å². The maximum absolute atomic E-state index is 12.1. The van der Waals surface area contributed by atoms with Crippen LogP contribution in [0.1, 0.15) is 33.1 Å². The van der Waals surface area contributed by atoms with Crippen LogP contribution >= 0.6 is 0 Å². The molecule has 1 atom stereocenters. The molecule has 0 aliphatic heterocycles. The maximum Gasteiger partial charge on any atom is 0.341 e. The number of hydrogen-bond donors (Lipinski definition) is 1. The van der Waals surface area contributed by atoms with E-state index in [0.717, 1.165) is 18.5 Å². The van der Waals surface area contributed by atoms with E-state index in [9.17, 15) is 9.59 Å². The third-order valence-corrected chi connectivity index (χ3v) is 3.26. The molecule has 1 amide bonds. The molecule has 21 heavy (non-hydrogen) atoms. The number of aliphatic carboxylic acids is 1. The van der Waals surface area contributed by atoms with Crippen molar-refractivity contribution < 1.29 is 19.4 Å². The largest absolute Gasteiger partial charge is 0.482 e. The second-order valence-corrected chi connectivity index (χ2v) is 5.23. The van der Waals surface area contributed by atoms with Gasteiger partial charge in [0.1, 0.15) is 5.75 Å². The number of hydrogen-bond acceptors (Lipinski definition) is 3. The van der Waals surface area contributed by atoms with Crippen molar-refractivity contribution in [1.82, 2.24) is 0 Å². The number of amides is 1. The minimum atomic E-state index is -1.02. The van der Waals surface area contributed by atoms with Gasteiger partial charge in [-0.3, -0.25) is 4.79 Å². The SMILES string of the molecule is CCCC(C)CC(=O)N(C)c1ccc(OCC(=O)O)cc1. The Labute approximate surface area is 125 Å². The molecule has 0 aromatic heterocycles. The molecule has 5 heteroatoms. The van der Waals surface area contributed by atoms with Gasteiger partial charge in [-0.05, 0) is 30.2 Å². The van der Waals surface area contributed by atoms with Crippen LogP contribution in [0.2, 0.25) is 0 Å². The van der Waals surface area contributed by atoms with Crippen molar-refractivity contribution in [2.24, 2.45) is 5.92 Å². The van der Waals surface area contributed by atoms with Crippen molar-refractivity contribution in [3.05, 3.63) is 24.3 Å². The van der Waals surface area contributed by atoms with Gasteiger partial charge in [-0.1, -0.05) is 26.7 Å². The maximum atomic E-state index is 12.1. The van der Waals surface area contributed by atoms with Crippen LogP contribution in [-0.2, 0) is 9.59 Å². The zero-order valence-corrected chi connectivity index (χ0v) is 12.8. The normalized spacial score (nSPS) is 11.8. The highest BCUT2D eigenvalue weighted by atomic mass is 16.5. The Morgan fingerprint density at radius 3 is 2.43 bits per heavy atom. The van der Waals surface area contributed by atoms with Crippen molar-refractivity contribution in [2.45, 2.75) is 33.1 Å². The summed E-state index contributed by atoms with van der Waals surface area (Å²) < 4.78 is 5.06. The molecule has 0 spiro atoms. The van der Waals surface area contributed by atoms with E-state index in [-0.39, 0.29) is 12.5 Å². The zero-order chi connectivity index (χ0) is 15.8. The molecule has 1 rings (SSSR count). The topological polar surface area (TPSA) is 66.8 Å². The highest BCUT2D eigenvalue weighted by Crippen LogP contribution is 2.20. The number of rotatable bonds is 8. The van der Waals surface area contributed by atoms with Crippen LogP contribution in [0.5, 0.6) is 5.75 Å². The first-order chi connectivity index (χ1) is 9.93. The first-order valence-corrected chi connectivity index (χ1v) is 7.15. The third-order valence-electron chi connectivity index (χ3n) is 3.26. The summed E-state index contributed by atoms with van der Waals surface area (Å²) >= 11 is 0. The fourth-order valence-electron chi connectivity index (χ4n) is 2.08. The fourth-order valence-corrected chi connectivity index (χ4v) is 2.08. The van der Waals surface area contributed by atoms with Gasteiger partial charge in [0, 0.05) is 19.2 Å². The van der Waals surface area contributed by atoms with Crippen molar-refractivity contribution in [3.63, 3.8) is 0 Å². The van der Waals surface area contributed by atoms with Gasteiger partial charge in [-0.2, -0.15) is 0 Å². The van der Waals surface area contributed by atoms with Crippen LogP contribution < -0.4 is 9.64 Å². The van der Waals surface area contributed by atoms with E-state index in [1.54, 1.807) is 36.2 Å². The standard InChI is InChI=1S/C16H23NO4/c1-4-5-12(2)10-15(18)17(3)13-6-8-14(9-7-13)21-11-16(19)20/h6-9,12H,4-5,10-11H2,1-3H3,(H,19,20). The van der Waals surface area contributed by atoms with Crippen LogP contribution in [0, 0.1) is 5.92 Å². The van der Waals surface area contributed by atoms with E-state index in [1.165, 1.54) is 0 Å². The average Bonchev–Trinajstić information content (AvgIpc) is 2.45. The molecule has 1 N–H and O–H groups in total. The zero-order valence-electron chi connectivity index (χ0n) is 12.8. The van der Waals surface area contributed by atoms with Crippen molar-refractivity contribution >= 4 is 17.6 Å². The van der Waals surface area contributed by atoms with Gasteiger partial charge in [0.25, 0.3) is 0 Å². The molecule has 0 fully saturated rings. The summed E-state index contributed by atoms with van der Waals surface area (Å²) in [6.07, 6.45) is 2.65. The predicted molar refractivity (Wildman–Crippen MR) is 81.7 cm³/mol. The summed E-state index contributed by atoms with van der Waals surface area (Å²) in [6.45, 7) is 3.82. The Bertz CT molecular complexity index is 470. The summed E-state index contributed by atoms with van der Waals surface area (Å²) in [4.78, 5) is 24.2. The van der Waals surface area contributed by atoms with E-state index in [2.05, 4.69) is 13.8 Å². The second-order valence-electron chi connectivity index (χ2n) is 5.23. The molecule has 5 nitrogen and oxygen atoms in total. The molecule has 0 saturated heterocycles. The first-order valence-electron chi connectivity index (χ1n) is 7.15. The number of carboxylic acids is 1. The van der Waals surface area contributed by atoms with Crippen LogP contribution in [0.3, 0.4) is 0 Å². The molecule has 0 heterocycles. The van der Waals surface area contributed by atoms with Gasteiger partial charge in [-0.25, -0.2) is 4.79 Å². The number of anilines is 1. The Balaban J connectivity index is 2.59. The Morgan fingerprint density at radius 1 is 1.29 bits per heavy atom. The Kier molecular flexibility index (Phi) is 6.72. The molecule has 0 aliphatic carbocycles. The van der Waals surface area contributed by atoms with Crippen LogP contribution in [0.25, 0.3) is 0 Å². The lowest BCUT2D eigenvalue weighted by Gasteiger charge is -2.20. The Morgan fingerprint density at radius 2 is 1.90 bits per heavy atom. The summed E-state index contributed by atoms with van der Waals surface area (Å²) in [5.74, 6) is -0.0871. The molecule has 0 aliphatic rings. The highest BCUT2D eigenvalue weighted by molar-refractivity contribution is 5.92. The molecule has 1 aromatic carbocycles. The van der Waals surface area contributed by atoms with Gasteiger partial charge >= 0.3 is 5.97 Å². The van der Waals surface area contributed by atoms with E-state index in [1.807, 2.05) is 0 Å². The first kappa shape index (κ1) is 17.0. The molecule has 1 aromatic rings. The smallest absolute Gasteiger partial charge is 0.341 e. The molecule has 0 bridgehead atoms. The predicted octanol–water partition coefficient (Wildman–Crippen LogP) is 2.94. The quantitative estimate of drug-likeness (QED) is 0.800. The van der Waals surface area contributed by atoms with E-state index in [0.29, 0.717) is 18.1 Å². The molecule has 0 radical (unpaired) electrons. The highest BCUT2D eigenvalue weighted by Gasteiger charge is 2.14. The summed E-state index contributed by atoms with van der Waals surface area (Å²) in [6, 6.07) is 6.83. The van der Waals surface area contributed by atoms with E-state index in [4.69, 9.17) is 9.84 Å². The number of carbonyl (C=O) groups is 2. The minimum absolute atomic E-state index is 0.0788. The molecule has 116 valence electrons. The summed E-state index contributed by atoms with van der Waals surface area (Å²) in [5.41, 5.74) is 0.770. The minimum Gasteiger partial charge on any atom is -0.482 e. The lowest BCUT2D eigenvalue weighted by molar-refractivity contribution is -0.139.